The minimum Gasteiger partial charge on any atom is -0.282 e. The van der Waals surface area contributed by atoms with Crippen LogP contribution in [0.2, 0.25) is 0 Å². The highest BCUT2D eigenvalue weighted by Crippen LogP contribution is 2.09. The van der Waals surface area contributed by atoms with Gasteiger partial charge in [0.1, 0.15) is 0 Å². The molecule has 0 radical (unpaired) electrons. The Labute approximate surface area is 91.0 Å². The highest BCUT2D eigenvalue weighted by atomic mass is 32.2. The SMILES string of the molecule is CC(C)CCCS(=O)(=O)Cc1ccn[nH]1. The Bertz CT molecular complexity index is 368. The van der Waals surface area contributed by atoms with Crippen LogP contribution in [0.15, 0.2) is 12.3 Å². The molecule has 0 fully saturated rings. The van der Waals surface area contributed by atoms with Gasteiger partial charge in [0, 0.05) is 6.20 Å². The maximum absolute atomic E-state index is 11.6. The lowest BCUT2D eigenvalue weighted by Crippen LogP contribution is -2.10. The first kappa shape index (κ1) is 12.2. The van der Waals surface area contributed by atoms with Crippen molar-refractivity contribution in [3.63, 3.8) is 0 Å². The van der Waals surface area contributed by atoms with Gasteiger partial charge in [0.25, 0.3) is 0 Å². The summed E-state index contributed by atoms with van der Waals surface area (Å²) < 4.78 is 23.3. The lowest BCUT2D eigenvalue weighted by atomic mass is 10.1. The van der Waals surface area contributed by atoms with E-state index in [-0.39, 0.29) is 11.5 Å². The molecule has 0 saturated carbocycles. The second-order valence-corrected chi connectivity index (χ2v) is 6.39. The molecule has 15 heavy (non-hydrogen) atoms. The molecule has 0 spiro atoms. The summed E-state index contributed by atoms with van der Waals surface area (Å²) in [4.78, 5) is 0. The molecule has 5 heteroatoms. The van der Waals surface area contributed by atoms with E-state index in [1.54, 1.807) is 12.3 Å². The first-order chi connectivity index (χ1) is 6.99. The molecule has 0 aliphatic heterocycles. The van der Waals surface area contributed by atoms with Gasteiger partial charge in [0.15, 0.2) is 9.84 Å². The molecule has 0 aromatic carbocycles. The molecule has 0 bridgehead atoms. The second-order valence-electron chi connectivity index (χ2n) is 4.21. The smallest absolute Gasteiger partial charge is 0.155 e. The Kier molecular flexibility index (Phi) is 4.32. The van der Waals surface area contributed by atoms with Gasteiger partial charge >= 0.3 is 0 Å². The number of hydrogen-bond donors (Lipinski definition) is 1. The summed E-state index contributed by atoms with van der Waals surface area (Å²) in [5, 5.41) is 6.39. The van der Waals surface area contributed by atoms with Gasteiger partial charge in [-0.15, -0.1) is 0 Å². The Morgan fingerprint density at radius 1 is 1.47 bits per heavy atom. The van der Waals surface area contributed by atoms with Crippen LogP contribution in [0, 0.1) is 5.92 Å². The molecule has 1 aromatic heterocycles. The van der Waals surface area contributed by atoms with Crippen molar-refractivity contribution in [2.24, 2.45) is 5.92 Å². The van der Waals surface area contributed by atoms with E-state index in [1.165, 1.54) is 0 Å². The van der Waals surface area contributed by atoms with Gasteiger partial charge < -0.3 is 0 Å². The third-order valence-corrected chi connectivity index (χ3v) is 3.83. The van der Waals surface area contributed by atoms with E-state index in [2.05, 4.69) is 24.0 Å². The van der Waals surface area contributed by atoms with Crippen LogP contribution in [-0.2, 0) is 15.6 Å². The van der Waals surface area contributed by atoms with Gasteiger partial charge in [-0.1, -0.05) is 20.3 Å². The minimum absolute atomic E-state index is 0.0745. The normalized spacial score (nSPS) is 12.2. The van der Waals surface area contributed by atoms with Crippen molar-refractivity contribution < 1.29 is 8.42 Å². The van der Waals surface area contributed by atoms with Crippen molar-refractivity contribution in [3.8, 4) is 0 Å². The van der Waals surface area contributed by atoms with Crippen molar-refractivity contribution in [2.45, 2.75) is 32.4 Å². The van der Waals surface area contributed by atoms with Crippen LogP contribution < -0.4 is 0 Å². The summed E-state index contributed by atoms with van der Waals surface area (Å²) in [6.45, 7) is 4.20. The Hall–Kier alpha value is -0.840. The molecule has 0 aliphatic rings. The van der Waals surface area contributed by atoms with Crippen molar-refractivity contribution in [1.29, 1.82) is 0 Å². The topological polar surface area (TPSA) is 62.8 Å². The Morgan fingerprint density at radius 2 is 2.20 bits per heavy atom. The quantitative estimate of drug-likeness (QED) is 0.810. The second kappa shape index (κ2) is 5.30. The highest BCUT2D eigenvalue weighted by Gasteiger charge is 2.12. The van der Waals surface area contributed by atoms with Gasteiger partial charge in [-0.2, -0.15) is 5.10 Å². The molecule has 86 valence electrons. The van der Waals surface area contributed by atoms with Crippen molar-refractivity contribution >= 4 is 9.84 Å². The maximum Gasteiger partial charge on any atom is 0.155 e. The van der Waals surface area contributed by atoms with Crippen molar-refractivity contribution in [2.75, 3.05) is 5.75 Å². The van der Waals surface area contributed by atoms with Gasteiger partial charge in [-0.05, 0) is 18.4 Å². The fraction of sp³-hybridized carbons (Fsp3) is 0.700. The molecule has 0 aliphatic carbocycles. The van der Waals surface area contributed by atoms with Crippen LogP contribution in [0.25, 0.3) is 0 Å². The molecule has 1 aromatic rings. The third kappa shape index (κ3) is 4.97. The summed E-state index contributed by atoms with van der Waals surface area (Å²) in [6.07, 6.45) is 3.27. The number of sulfone groups is 1. The highest BCUT2D eigenvalue weighted by molar-refractivity contribution is 7.90. The van der Waals surface area contributed by atoms with E-state index >= 15 is 0 Å². The number of hydrogen-bond acceptors (Lipinski definition) is 3. The standard InChI is InChI=1S/C10H18N2O2S/c1-9(2)4-3-7-15(13,14)8-10-5-6-11-12-10/h5-6,9H,3-4,7-8H2,1-2H3,(H,11,12). The molecule has 0 amide bonds. The van der Waals surface area contributed by atoms with Gasteiger partial charge in [-0.25, -0.2) is 8.42 Å². The Balaban J connectivity index is 2.39. The van der Waals surface area contributed by atoms with E-state index in [9.17, 15) is 8.42 Å². The average molecular weight is 230 g/mol. The monoisotopic (exact) mass is 230 g/mol. The first-order valence-electron chi connectivity index (χ1n) is 5.18. The summed E-state index contributed by atoms with van der Waals surface area (Å²) in [7, 11) is -2.97. The molecule has 0 saturated heterocycles. The zero-order chi connectivity index (χ0) is 11.3. The van der Waals surface area contributed by atoms with Crippen LogP contribution in [0.3, 0.4) is 0 Å². The van der Waals surface area contributed by atoms with Gasteiger partial charge in [-0.3, -0.25) is 5.10 Å². The fourth-order valence-corrected chi connectivity index (χ4v) is 2.77. The molecule has 1 rings (SSSR count). The van der Waals surface area contributed by atoms with Gasteiger partial charge in [0.2, 0.25) is 0 Å². The maximum atomic E-state index is 11.6. The van der Waals surface area contributed by atoms with Crippen LogP contribution in [0.1, 0.15) is 32.4 Å². The van der Waals surface area contributed by atoms with Gasteiger partial charge in [0.05, 0.1) is 17.2 Å². The van der Waals surface area contributed by atoms with E-state index in [1.807, 2.05) is 0 Å². The van der Waals surface area contributed by atoms with Crippen LogP contribution in [0.5, 0.6) is 0 Å². The summed E-state index contributed by atoms with van der Waals surface area (Å²) in [6, 6.07) is 1.69. The number of nitrogens with zero attached hydrogens (tertiary/aromatic N) is 1. The molecule has 1 N–H and O–H groups in total. The summed E-state index contributed by atoms with van der Waals surface area (Å²) in [5.41, 5.74) is 0.666. The summed E-state index contributed by atoms with van der Waals surface area (Å²) in [5.74, 6) is 0.905. The lowest BCUT2D eigenvalue weighted by molar-refractivity contribution is 0.559. The predicted molar refractivity (Wildman–Crippen MR) is 60.2 cm³/mol. The summed E-state index contributed by atoms with van der Waals surface area (Å²) >= 11 is 0. The largest absolute Gasteiger partial charge is 0.282 e. The molecule has 0 atom stereocenters. The van der Waals surface area contributed by atoms with Crippen LogP contribution in [0.4, 0.5) is 0 Å². The van der Waals surface area contributed by atoms with E-state index in [0.29, 0.717) is 11.6 Å². The first-order valence-corrected chi connectivity index (χ1v) is 7.00. The van der Waals surface area contributed by atoms with E-state index in [4.69, 9.17) is 0 Å². The number of rotatable bonds is 6. The molecule has 4 nitrogen and oxygen atoms in total. The number of nitrogens with one attached hydrogen (secondary N) is 1. The third-order valence-electron chi connectivity index (χ3n) is 2.17. The average Bonchev–Trinajstić information content (AvgIpc) is 2.54. The Morgan fingerprint density at radius 3 is 2.73 bits per heavy atom. The number of H-pyrrole nitrogens is 1. The van der Waals surface area contributed by atoms with Crippen molar-refractivity contribution in [3.05, 3.63) is 18.0 Å². The molecule has 0 unspecified atom stereocenters. The van der Waals surface area contributed by atoms with E-state index < -0.39 is 9.84 Å². The fourth-order valence-electron chi connectivity index (χ4n) is 1.39. The molecular weight excluding hydrogens is 212 g/mol. The van der Waals surface area contributed by atoms with Crippen molar-refractivity contribution in [1.82, 2.24) is 10.2 Å². The minimum atomic E-state index is -2.97. The number of aromatic amines is 1. The zero-order valence-corrected chi connectivity index (χ0v) is 10.0. The van der Waals surface area contributed by atoms with E-state index in [0.717, 1.165) is 12.8 Å². The molecular formula is C10H18N2O2S. The molecule has 1 heterocycles. The van der Waals surface area contributed by atoms with Crippen LogP contribution in [-0.4, -0.2) is 24.4 Å². The zero-order valence-electron chi connectivity index (χ0n) is 9.23. The number of aromatic nitrogens is 2. The predicted octanol–water partition coefficient (Wildman–Crippen LogP) is 1.76. The lowest BCUT2D eigenvalue weighted by Gasteiger charge is -2.05. The van der Waals surface area contributed by atoms with Crippen LogP contribution >= 0.6 is 0 Å².